The number of pyridine rings is 1. The van der Waals surface area contributed by atoms with Gasteiger partial charge in [0.25, 0.3) is 5.91 Å². The lowest BCUT2D eigenvalue weighted by Crippen LogP contribution is -2.28. The van der Waals surface area contributed by atoms with Crippen LogP contribution in [0.15, 0.2) is 18.3 Å². The first-order chi connectivity index (χ1) is 10.0. The monoisotopic (exact) mass is 287 g/mol. The number of carbonyl (C=O) groups is 2. The minimum absolute atomic E-state index is 0.0480. The van der Waals surface area contributed by atoms with Gasteiger partial charge in [0.05, 0.1) is 0 Å². The first-order valence-electron chi connectivity index (χ1n) is 7.61. The minimum atomic E-state index is -0.111. The van der Waals surface area contributed by atoms with Crippen LogP contribution in [-0.4, -0.2) is 34.8 Å². The number of aromatic nitrogens is 1. The van der Waals surface area contributed by atoms with Crippen LogP contribution in [0.4, 0.5) is 5.82 Å². The number of carbonyl (C=O) groups excluding carboxylic acids is 2. The summed E-state index contributed by atoms with van der Waals surface area (Å²) in [6.45, 7) is 5.40. The summed E-state index contributed by atoms with van der Waals surface area (Å²) in [5.41, 5.74) is 0.602. The molecule has 1 aliphatic heterocycles. The SMILES string of the molecule is CC(C)C(=O)Nc1cc(C(=O)N2C[C@H]3CC[C@H]3C2)ccn1. The van der Waals surface area contributed by atoms with Gasteiger partial charge in [-0.3, -0.25) is 9.59 Å². The maximum Gasteiger partial charge on any atom is 0.254 e. The second-order valence-electron chi connectivity index (χ2n) is 6.38. The number of likely N-dealkylation sites (tertiary alicyclic amines) is 1. The second-order valence-corrected chi connectivity index (χ2v) is 6.38. The molecule has 0 unspecified atom stereocenters. The molecule has 1 aliphatic carbocycles. The molecule has 5 heteroatoms. The van der Waals surface area contributed by atoms with Crippen LogP contribution in [0.1, 0.15) is 37.0 Å². The standard InChI is InChI=1S/C16H21N3O2/c1-10(2)15(20)18-14-7-11(5-6-17-14)16(21)19-8-12-3-4-13(12)9-19/h5-7,10,12-13H,3-4,8-9H2,1-2H3,(H,17,18,20)/t12-,13+. The normalized spacial score (nSPS) is 23.7. The Balaban J connectivity index is 1.70. The lowest BCUT2D eigenvalue weighted by molar-refractivity contribution is -0.118. The van der Waals surface area contributed by atoms with E-state index < -0.39 is 0 Å². The van der Waals surface area contributed by atoms with Crippen molar-refractivity contribution in [1.82, 2.24) is 9.88 Å². The van der Waals surface area contributed by atoms with Crippen molar-refractivity contribution < 1.29 is 9.59 Å². The molecule has 3 rings (SSSR count). The predicted molar refractivity (Wildman–Crippen MR) is 79.8 cm³/mol. The van der Waals surface area contributed by atoms with Gasteiger partial charge in [0.1, 0.15) is 5.82 Å². The molecule has 1 aromatic rings. The summed E-state index contributed by atoms with van der Waals surface area (Å²) in [5, 5.41) is 2.74. The van der Waals surface area contributed by atoms with Crippen molar-refractivity contribution in [3.63, 3.8) is 0 Å². The third-order valence-electron chi connectivity index (χ3n) is 4.55. The third kappa shape index (κ3) is 2.77. The van der Waals surface area contributed by atoms with E-state index >= 15 is 0 Å². The highest BCUT2D eigenvalue weighted by molar-refractivity contribution is 5.97. The lowest BCUT2D eigenvalue weighted by atomic mass is 9.77. The van der Waals surface area contributed by atoms with Crippen LogP contribution < -0.4 is 5.32 Å². The average molecular weight is 287 g/mol. The molecule has 1 saturated heterocycles. The number of rotatable bonds is 3. The molecule has 0 radical (unpaired) electrons. The number of fused-ring (bicyclic) bond motifs is 1. The Hall–Kier alpha value is -1.91. The van der Waals surface area contributed by atoms with Gasteiger partial charge in [-0.05, 0) is 36.8 Å². The first kappa shape index (κ1) is 14.0. The van der Waals surface area contributed by atoms with Crippen molar-refractivity contribution in [2.45, 2.75) is 26.7 Å². The summed E-state index contributed by atoms with van der Waals surface area (Å²) in [6, 6.07) is 3.39. The molecule has 2 amide bonds. The van der Waals surface area contributed by atoms with Crippen molar-refractivity contribution in [3.05, 3.63) is 23.9 Å². The average Bonchev–Trinajstić information content (AvgIpc) is 2.74. The van der Waals surface area contributed by atoms with E-state index in [1.807, 2.05) is 18.7 Å². The first-order valence-corrected chi connectivity index (χ1v) is 7.61. The number of hydrogen-bond donors (Lipinski definition) is 1. The summed E-state index contributed by atoms with van der Waals surface area (Å²) < 4.78 is 0. The summed E-state index contributed by atoms with van der Waals surface area (Å²) >= 11 is 0. The zero-order valence-corrected chi connectivity index (χ0v) is 12.5. The fourth-order valence-corrected chi connectivity index (χ4v) is 3.01. The molecule has 2 heterocycles. The molecule has 1 saturated carbocycles. The quantitative estimate of drug-likeness (QED) is 0.926. The van der Waals surface area contributed by atoms with Gasteiger partial charge < -0.3 is 10.2 Å². The molecule has 5 nitrogen and oxygen atoms in total. The van der Waals surface area contributed by atoms with Gasteiger partial charge in [-0.15, -0.1) is 0 Å². The van der Waals surface area contributed by atoms with Gasteiger partial charge >= 0.3 is 0 Å². The molecular formula is C16H21N3O2. The van der Waals surface area contributed by atoms with Crippen molar-refractivity contribution in [2.75, 3.05) is 18.4 Å². The molecule has 0 aromatic carbocycles. The van der Waals surface area contributed by atoms with Crippen molar-refractivity contribution in [1.29, 1.82) is 0 Å². The minimum Gasteiger partial charge on any atom is -0.338 e. The third-order valence-corrected chi connectivity index (χ3v) is 4.55. The van der Waals surface area contributed by atoms with Crippen molar-refractivity contribution in [3.8, 4) is 0 Å². The van der Waals surface area contributed by atoms with Crippen LogP contribution in [0.25, 0.3) is 0 Å². The predicted octanol–water partition coefficient (Wildman–Crippen LogP) is 2.16. The van der Waals surface area contributed by atoms with Gasteiger partial charge in [-0.1, -0.05) is 13.8 Å². The molecule has 21 heavy (non-hydrogen) atoms. The highest BCUT2D eigenvalue weighted by Gasteiger charge is 2.41. The lowest BCUT2D eigenvalue weighted by Gasteiger charge is -2.27. The zero-order chi connectivity index (χ0) is 15.0. The smallest absolute Gasteiger partial charge is 0.254 e. The van der Waals surface area contributed by atoms with Gasteiger partial charge in [0.15, 0.2) is 0 Å². The molecule has 112 valence electrons. The largest absolute Gasteiger partial charge is 0.338 e. The summed E-state index contributed by atoms with van der Waals surface area (Å²) in [6.07, 6.45) is 4.08. The number of amides is 2. The molecule has 2 aliphatic rings. The topological polar surface area (TPSA) is 62.3 Å². The van der Waals surface area contributed by atoms with E-state index in [1.54, 1.807) is 18.3 Å². The van der Waals surface area contributed by atoms with Crippen LogP contribution >= 0.6 is 0 Å². The Morgan fingerprint density at radius 1 is 1.29 bits per heavy atom. The molecule has 2 atom stereocenters. The maximum absolute atomic E-state index is 12.5. The number of nitrogens with one attached hydrogen (secondary N) is 1. The van der Waals surface area contributed by atoms with E-state index in [1.165, 1.54) is 12.8 Å². The summed E-state index contributed by atoms with van der Waals surface area (Å²) in [4.78, 5) is 30.3. The molecule has 0 spiro atoms. The molecule has 0 bridgehead atoms. The molecular weight excluding hydrogens is 266 g/mol. The van der Waals surface area contributed by atoms with E-state index in [0.29, 0.717) is 23.2 Å². The van der Waals surface area contributed by atoms with E-state index in [-0.39, 0.29) is 17.7 Å². The van der Waals surface area contributed by atoms with E-state index in [2.05, 4.69) is 10.3 Å². The van der Waals surface area contributed by atoms with E-state index in [4.69, 9.17) is 0 Å². The Labute approximate surface area is 124 Å². The fourth-order valence-electron chi connectivity index (χ4n) is 3.01. The van der Waals surface area contributed by atoms with Crippen LogP contribution in [0.5, 0.6) is 0 Å². The van der Waals surface area contributed by atoms with Gasteiger partial charge in [-0.25, -0.2) is 4.98 Å². The Kier molecular flexibility index (Phi) is 3.66. The van der Waals surface area contributed by atoms with Gasteiger partial charge in [-0.2, -0.15) is 0 Å². The van der Waals surface area contributed by atoms with Gasteiger partial charge in [0.2, 0.25) is 5.91 Å². The van der Waals surface area contributed by atoms with E-state index in [9.17, 15) is 9.59 Å². The fraction of sp³-hybridized carbons (Fsp3) is 0.562. The number of nitrogens with zero attached hydrogens (tertiary/aromatic N) is 2. The molecule has 1 aromatic heterocycles. The number of anilines is 1. The Bertz CT molecular complexity index is 558. The zero-order valence-electron chi connectivity index (χ0n) is 12.5. The Morgan fingerprint density at radius 3 is 2.52 bits per heavy atom. The molecule has 2 fully saturated rings. The summed E-state index contributed by atoms with van der Waals surface area (Å²) in [7, 11) is 0. The van der Waals surface area contributed by atoms with Crippen LogP contribution in [0.2, 0.25) is 0 Å². The number of hydrogen-bond acceptors (Lipinski definition) is 3. The highest BCUT2D eigenvalue weighted by Crippen LogP contribution is 2.40. The van der Waals surface area contributed by atoms with Crippen LogP contribution in [-0.2, 0) is 4.79 Å². The second kappa shape index (κ2) is 5.47. The van der Waals surface area contributed by atoms with E-state index in [0.717, 1.165) is 13.1 Å². The molecule has 1 N–H and O–H groups in total. The summed E-state index contributed by atoms with van der Waals surface area (Å²) in [5.74, 6) is 1.70. The maximum atomic E-state index is 12.5. The van der Waals surface area contributed by atoms with Crippen LogP contribution in [0.3, 0.4) is 0 Å². The highest BCUT2D eigenvalue weighted by atomic mass is 16.2. The van der Waals surface area contributed by atoms with Gasteiger partial charge in [0, 0.05) is 30.8 Å². The van der Waals surface area contributed by atoms with Crippen molar-refractivity contribution >= 4 is 17.6 Å². The Morgan fingerprint density at radius 2 is 1.95 bits per heavy atom. The van der Waals surface area contributed by atoms with Crippen molar-refractivity contribution in [2.24, 2.45) is 17.8 Å². The van der Waals surface area contributed by atoms with Crippen LogP contribution in [0, 0.1) is 17.8 Å².